The van der Waals surface area contributed by atoms with E-state index in [1.807, 2.05) is 0 Å². The standard InChI is InChI=1S/C10H15N5O2/c1-10(2)9(17)12-7(16)5-15(10)8-6(11)4-14(3)13-8/h4H,5,11H2,1-3H3,(H,12,16,17). The van der Waals surface area contributed by atoms with Gasteiger partial charge in [0.15, 0.2) is 5.82 Å². The van der Waals surface area contributed by atoms with Gasteiger partial charge in [-0.25, -0.2) is 0 Å². The molecule has 0 unspecified atom stereocenters. The van der Waals surface area contributed by atoms with E-state index in [0.717, 1.165) is 0 Å². The van der Waals surface area contributed by atoms with Crippen molar-refractivity contribution in [3.63, 3.8) is 0 Å². The summed E-state index contributed by atoms with van der Waals surface area (Å²) >= 11 is 0. The Kier molecular flexibility index (Phi) is 2.34. The third-order valence-corrected chi connectivity index (χ3v) is 2.88. The molecule has 1 aliphatic heterocycles. The van der Waals surface area contributed by atoms with E-state index in [-0.39, 0.29) is 18.4 Å². The van der Waals surface area contributed by atoms with Crippen LogP contribution in [0.25, 0.3) is 0 Å². The number of nitrogen functional groups attached to an aromatic ring is 1. The van der Waals surface area contributed by atoms with Crippen LogP contribution < -0.4 is 16.0 Å². The van der Waals surface area contributed by atoms with Crippen molar-refractivity contribution in [3.05, 3.63) is 6.20 Å². The number of nitrogens with one attached hydrogen (secondary N) is 1. The Morgan fingerprint density at radius 3 is 2.65 bits per heavy atom. The molecule has 0 aromatic carbocycles. The van der Waals surface area contributed by atoms with Gasteiger partial charge in [0.05, 0.1) is 12.2 Å². The number of imide groups is 1. The molecule has 2 amide bonds. The second-order valence-electron chi connectivity index (χ2n) is 4.60. The van der Waals surface area contributed by atoms with Crippen molar-refractivity contribution >= 4 is 23.3 Å². The predicted octanol–water partition coefficient (Wildman–Crippen LogP) is -0.756. The van der Waals surface area contributed by atoms with Crippen LogP contribution in [0.2, 0.25) is 0 Å². The average molecular weight is 237 g/mol. The fraction of sp³-hybridized carbons (Fsp3) is 0.500. The van der Waals surface area contributed by atoms with Crippen LogP contribution in [-0.2, 0) is 16.6 Å². The third kappa shape index (κ3) is 1.73. The van der Waals surface area contributed by atoms with Gasteiger partial charge in [0.1, 0.15) is 5.54 Å². The van der Waals surface area contributed by atoms with Crippen molar-refractivity contribution in [2.75, 3.05) is 17.2 Å². The van der Waals surface area contributed by atoms with Crippen molar-refractivity contribution in [1.29, 1.82) is 0 Å². The number of anilines is 2. The summed E-state index contributed by atoms with van der Waals surface area (Å²) in [4.78, 5) is 24.8. The van der Waals surface area contributed by atoms with E-state index >= 15 is 0 Å². The zero-order valence-electron chi connectivity index (χ0n) is 10.0. The van der Waals surface area contributed by atoms with E-state index in [1.54, 1.807) is 36.7 Å². The van der Waals surface area contributed by atoms with Gasteiger partial charge in [0, 0.05) is 13.2 Å². The van der Waals surface area contributed by atoms with E-state index in [9.17, 15) is 9.59 Å². The number of carbonyl (C=O) groups is 2. The number of carbonyl (C=O) groups excluding carboxylic acids is 2. The van der Waals surface area contributed by atoms with Gasteiger partial charge in [0.2, 0.25) is 5.91 Å². The van der Waals surface area contributed by atoms with E-state index in [2.05, 4.69) is 10.4 Å². The minimum Gasteiger partial charge on any atom is -0.394 e. The Balaban J connectivity index is 2.45. The average Bonchev–Trinajstić information content (AvgIpc) is 2.52. The summed E-state index contributed by atoms with van der Waals surface area (Å²) in [6.45, 7) is 3.52. The summed E-state index contributed by atoms with van der Waals surface area (Å²) in [5.41, 5.74) is 5.41. The first-order chi connectivity index (χ1) is 7.82. The number of nitrogens with zero attached hydrogens (tertiary/aromatic N) is 3. The van der Waals surface area contributed by atoms with E-state index in [0.29, 0.717) is 11.5 Å². The summed E-state index contributed by atoms with van der Waals surface area (Å²) in [6.07, 6.45) is 1.64. The lowest BCUT2D eigenvalue weighted by Gasteiger charge is -2.40. The minimum atomic E-state index is -0.851. The minimum absolute atomic E-state index is 0.0694. The molecular weight excluding hydrogens is 222 g/mol. The van der Waals surface area contributed by atoms with Gasteiger partial charge in [-0.2, -0.15) is 5.10 Å². The van der Waals surface area contributed by atoms with Gasteiger partial charge in [0.25, 0.3) is 5.91 Å². The maximum atomic E-state index is 11.8. The summed E-state index contributed by atoms with van der Waals surface area (Å²) in [5.74, 6) is -0.237. The fourth-order valence-corrected chi connectivity index (χ4v) is 1.83. The molecule has 0 atom stereocenters. The quantitative estimate of drug-likeness (QED) is 0.626. The fourth-order valence-electron chi connectivity index (χ4n) is 1.83. The number of aromatic nitrogens is 2. The molecule has 17 heavy (non-hydrogen) atoms. The molecule has 7 nitrogen and oxygen atoms in total. The molecule has 0 aliphatic carbocycles. The van der Waals surface area contributed by atoms with Crippen LogP contribution in [0.1, 0.15) is 13.8 Å². The second-order valence-corrected chi connectivity index (χ2v) is 4.60. The first-order valence-corrected chi connectivity index (χ1v) is 5.23. The molecule has 3 N–H and O–H groups in total. The number of hydrogen-bond acceptors (Lipinski definition) is 5. The largest absolute Gasteiger partial charge is 0.394 e. The highest BCUT2D eigenvalue weighted by molar-refractivity contribution is 6.06. The number of aryl methyl sites for hydroxylation is 1. The van der Waals surface area contributed by atoms with Crippen molar-refractivity contribution in [1.82, 2.24) is 15.1 Å². The highest BCUT2D eigenvalue weighted by Crippen LogP contribution is 2.29. The predicted molar refractivity (Wildman–Crippen MR) is 62.2 cm³/mol. The zero-order valence-corrected chi connectivity index (χ0v) is 10.0. The van der Waals surface area contributed by atoms with Crippen LogP contribution in [0.15, 0.2) is 6.20 Å². The van der Waals surface area contributed by atoms with Crippen LogP contribution in [0.4, 0.5) is 11.5 Å². The van der Waals surface area contributed by atoms with Crippen molar-refractivity contribution in [3.8, 4) is 0 Å². The van der Waals surface area contributed by atoms with Gasteiger partial charge < -0.3 is 10.6 Å². The molecule has 7 heteroatoms. The molecule has 1 aromatic rings. The van der Waals surface area contributed by atoms with Gasteiger partial charge in [-0.05, 0) is 13.8 Å². The molecule has 1 saturated heterocycles. The van der Waals surface area contributed by atoms with Crippen molar-refractivity contribution in [2.45, 2.75) is 19.4 Å². The Morgan fingerprint density at radius 2 is 2.12 bits per heavy atom. The molecule has 0 saturated carbocycles. The highest BCUT2D eigenvalue weighted by atomic mass is 16.2. The topological polar surface area (TPSA) is 93.2 Å². The molecule has 2 heterocycles. The molecule has 92 valence electrons. The molecular formula is C10H15N5O2. The number of amides is 2. The van der Waals surface area contributed by atoms with Crippen LogP contribution in [-0.4, -0.2) is 33.7 Å². The highest BCUT2D eigenvalue weighted by Gasteiger charge is 2.42. The van der Waals surface area contributed by atoms with Gasteiger partial charge in [-0.3, -0.25) is 19.6 Å². The van der Waals surface area contributed by atoms with Crippen LogP contribution in [0, 0.1) is 0 Å². The van der Waals surface area contributed by atoms with Gasteiger partial charge in [-0.1, -0.05) is 0 Å². The smallest absolute Gasteiger partial charge is 0.251 e. The lowest BCUT2D eigenvalue weighted by molar-refractivity contribution is -0.135. The zero-order chi connectivity index (χ0) is 12.8. The lowest BCUT2D eigenvalue weighted by atomic mass is 9.99. The number of nitrogens with two attached hydrogens (primary N) is 1. The molecule has 2 rings (SSSR count). The summed E-state index contributed by atoms with van der Waals surface area (Å²) in [6, 6.07) is 0. The van der Waals surface area contributed by atoms with Crippen molar-refractivity contribution in [2.24, 2.45) is 7.05 Å². The van der Waals surface area contributed by atoms with Crippen molar-refractivity contribution < 1.29 is 9.59 Å². The molecule has 0 spiro atoms. The van der Waals surface area contributed by atoms with E-state index in [4.69, 9.17) is 5.73 Å². The van der Waals surface area contributed by atoms with Gasteiger partial charge >= 0.3 is 0 Å². The van der Waals surface area contributed by atoms with E-state index in [1.165, 1.54) is 0 Å². The van der Waals surface area contributed by atoms with Gasteiger partial charge in [-0.15, -0.1) is 0 Å². The molecule has 1 aliphatic rings. The molecule has 1 aromatic heterocycles. The van der Waals surface area contributed by atoms with E-state index < -0.39 is 5.54 Å². The molecule has 0 bridgehead atoms. The second kappa shape index (κ2) is 3.47. The number of piperazine rings is 1. The Bertz CT molecular complexity index is 491. The molecule has 0 radical (unpaired) electrons. The third-order valence-electron chi connectivity index (χ3n) is 2.88. The first kappa shape index (κ1) is 11.4. The monoisotopic (exact) mass is 237 g/mol. The van der Waals surface area contributed by atoms with Crippen LogP contribution in [0.3, 0.4) is 0 Å². The first-order valence-electron chi connectivity index (χ1n) is 5.23. The Morgan fingerprint density at radius 1 is 1.47 bits per heavy atom. The normalized spacial score (nSPS) is 19.4. The summed E-state index contributed by atoms with van der Waals surface area (Å²) in [5, 5.41) is 6.48. The summed E-state index contributed by atoms with van der Waals surface area (Å²) in [7, 11) is 1.73. The lowest BCUT2D eigenvalue weighted by Crippen LogP contribution is -2.64. The van der Waals surface area contributed by atoms with Crippen LogP contribution >= 0.6 is 0 Å². The number of hydrogen-bond donors (Lipinski definition) is 2. The van der Waals surface area contributed by atoms with Crippen LogP contribution in [0.5, 0.6) is 0 Å². The Labute approximate surface area is 98.6 Å². The maximum absolute atomic E-state index is 11.8. The SMILES string of the molecule is Cn1cc(N)c(N2CC(=O)NC(=O)C2(C)C)n1. The maximum Gasteiger partial charge on any atom is 0.251 e. The molecule has 1 fully saturated rings. The number of rotatable bonds is 1. The summed E-state index contributed by atoms with van der Waals surface area (Å²) < 4.78 is 1.55. The Hall–Kier alpha value is -2.05.